The first-order chi connectivity index (χ1) is 7.79. The first-order valence-electron chi connectivity index (χ1n) is 5.36. The van der Waals surface area contributed by atoms with Crippen LogP contribution in [0.2, 0.25) is 0 Å². The van der Waals surface area contributed by atoms with Gasteiger partial charge in [-0.3, -0.25) is 5.84 Å². The standard InChI is InChI=1S/C13H16N2O/c1-10-7-8-13(16-10)12(15-14)9-11-5-3-2-4-6-11/h2-8,12,15H,9,14H2,1H3. The van der Waals surface area contributed by atoms with Crippen LogP contribution in [0.4, 0.5) is 0 Å². The number of hydrogen-bond donors (Lipinski definition) is 2. The van der Waals surface area contributed by atoms with E-state index in [9.17, 15) is 0 Å². The first kappa shape index (κ1) is 10.9. The Labute approximate surface area is 95.2 Å². The van der Waals surface area contributed by atoms with Crippen LogP contribution in [0.25, 0.3) is 0 Å². The Morgan fingerprint density at radius 1 is 1.19 bits per heavy atom. The summed E-state index contributed by atoms with van der Waals surface area (Å²) < 4.78 is 5.57. The minimum absolute atomic E-state index is 0.0242. The van der Waals surface area contributed by atoms with Crippen LogP contribution < -0.4 is 11.3 Å². The van der Waals surface area contributed by atoms with Crippen molar-refractivity contribution in [2.24, 2.45) is 5.84 Å². The molecule has 84 valence electrons. The van der Waals surface area contributed by atoms with Crippen molar-refractivity contribution in [3.63, 3.8) is 0 Å². The van der Waals surface area contributed by atoms with Crippen molar-refractivity contribution < 1.29 is 4.42 Å². The summed E-state index contributed by atoms with van der Waals surface area (Å²) in [5.74, 6) is 7.34. The van der Waals surface area contributed by atoms with Gasteiger partial charge in [0.05, 0.1) is 6.04 Å². The average molecular weight is 216 g/mol. The highest BCUT2D eigenvalue weighted by Gasteiger charge is 2.13. The summed E-state index contributed by atoms with van der Waals surface area (Å²) in [6.07, 6.45) is 0.824. The molecule has 2 rings (SSSR count). The fourth-order valence-electron chi connectivity index (χ4n) is 1.73. The molecule has 0 aliphatic carbocycles. The highest BCUT2D eigenvalue weighted by atomic mass is 16.3. The van der Waals surface area contributed by atoms with Crippen LogP contribution in [-0.2, 0) is 6.42 Å². The molecule has 1 heterocycles. The molecule has 0 saturated heterocycles. The van der Waals surface area contributed by atoms with Gasteiger partial charge in [-0.05, 0) is 31.0 Å². The summed E-state index contributed by atoms with van der Waals surface area (Å²) in [6, 6.07) is 14.2. The summed E-state index contributed by atoms with van der Waals surface area (Å²) in [7, 11) is 0. The van der Waals surface area contributed by atoms with Gasteiger partial charge in [-0.25, -0.2) is 5.43 Å². The lowest BCUT2D eigenvalue weighted by Crippen LogP contribution is -2.29. The van der Waals surface area contributed by atoms with Crippen LogP contribution in [0.5, 0.6) is 0 Å². The van der Waals surface area contributed by atoms with E-state index in [1.807, 2.05) is 37.3 Å². The quantitative estimate of drug-likeness (QED) is 0.609. The Hall–Kier alpha value is -1.58. The van der Waals surface area contributed by atoms with Crippen LogP contribution in [0.15, 0.2) is 46.9 Å². The second kappa shape index (κ2) is 4.96. The molecule has 16 heavy (non-hydrogen) atoms. The van der Waals surface area contributed by atoms with Gasteiger partial charge in [-0.1, -0.05) is 30.3 Å². The smallest absolute Gasteiger partial charge is 0.122 e. The number of rotatable bonds is 4. The maximum Gasteiger partial charge on any atom is 0.122 e. The van der Waals surface area contributed by atoms with Gasteiger partial charge in [-0.15, -0.1) is 0 Å². The van der Waals surface area contributed by atoms with E-state index in [2.05, 4.69) is 17.6 Å². The normalized spacial score (nSPS) is 12.6. The molecule has 0 amide bonds. The molecule has 3 N–H and O–H groups in total. The molecule has 1 unspecified atom stereocenters. The largest absolute Gasteiger partial charge is 0.465 e. The third kappa shape index (κ3) is 2.51. The molecule has 2 aromatic rings. The highest BCUT2D eigenvalue weighted by Crippen LogP contribution is 2.19. The Morgan fingerprint density at radius 2 is 1.94 bits per heavy atom. The summed E-state index contributed by atoms with van der Waals surface area (Å²) >= 11 is 0. The van der Waals surface area contributed by atoms with Gasteiger partial charge in [0.1, 0.15) is 11.5 Å². The number of nitrogens with one attached hydrogen (secondary N) is 1. The van der Waals surface area contributed by atoms with Crippen molar-refractivity contribution in [2.45, 2.75) is 19.4 Å². The summed E-state index contributed by atoms with van der Waals surface area (Å²) in [5, 5.41) is 0. The van der Waals surface area contributed by atoms with Crippen LogP contribution in [-0.4, -0.2) is 0 Å². The SMILES string of the molecule is Cc1ccc(C(Cc2ccccc2)NN)o1. The van der Waals surface area contributed by atoms with E-state index in [0.29, 0.717) is 0 Å². The van der Waals surface area contributed by atoms with E-state index in [-0.39, 0.29) is 6.04 Å². The highest BCUT2D eigenvalue weighted by molar-refractivity contribution is 5.19. The molecule has 1 aromatic heterocycles. The fourth-order valence-corrected chi connectivity index (χ4v) is 1.73. The third-order valence-corrected chi connectivity index (χ3v) is 2.59. The molecule has 3 nitrogen and oxygen atoms in total. The number of nitrogens with two attached hydrogens (primary N) is 1. The molecule has 1 atom stereocenters. The molecule has 1 aromatic carbocycles. The molecule has 0 radical (unpaired) electrons. The van der Waals surface area contributed by atoms with Crippen molar-refractivity contribution in [1.82, 2.24) is 5.43 Å². The lowest BCUT2D eigenvalue weighted by atomic mass is 10.0. The number of furan rings is 1. The topological polar surface area (TPSA) is 51.2 Å². The van der Waals surface area contributed by atoms with E-state index >= 15 is 0 Å². The average Bonchev–Trinajstić information content (AvgIpc) is 2.74. The van der Waals surface area contributed by atoms with Gasteiger partial charge in [0, 0.05) is 0 Å². The monoisotopic (exact) mass is 216 g/mol. The molecular formula is C13H16N2O. The van der Waals surface area contributed by atoms with Gasteiger partial charge in [0.2, 0.25) is 0 Å². The molecule has 0 fully saturated rings. The zero-order valence-corrected chi connectivity index (χ0v) is 9.31. The molecule has 0 saturated carbocycles. The maximum atomic E-state index is 5.57. The van der Waals surface area contributed by atoms with Crippen LogP contribution >= 0.6 is 0 Å². The fraction of sp³-hybridized carbons (Fsp3) is 0.231. The second-order valence-electron chi connectivity index (χ2n) is 3.86. The van der Waals surface area contributed by atoms with E-state index in [1.54, 1.807) is 0 Å². The van der Waals surface area contributed by atoms with Crippen molar-refractivity contribution in [3.8, 4) is 0 Å². The molecule has 0 aliphatic rings. The summed E-state index contributed by atoms with van der Waals surface area (Å²) in [5.41, 5.74) is 4.02. The van der Waals surface area contributed by atoms with Crippen LogP contribution in [0.1, 0.15) is 23.1 Å². The van der Waals surface area contributed by atoms with Crippen molar-refractivity contribution in [3.05, 3.63) is 59.5 Å². The lowest BCUT2D eigenvalue weighted by molar-refractivity contribution is 0.403. The second-order valence-corrected chi connectivity index (χ2v) is 3.86. The lowest BCUT2D eigenvalue weighted by Gasteiger charge is -2.13. The number of hydrazine groups is 1. The molecule has 0 spiro atoms. The molecule has 0 bridgehead atoms. The van der Waals surface area contributed by atoms with E-state index in [1.165, 1.54) is 5.56 Å². The first-order valence-corrected chi connectivity index (χ1v) is 5.36. The summed E-state index contributed by atoms with van der Waals surface area (Å²) in [4.78, 5) is 0. The number of aryl methyl sites for hydroxylation is 1. The van der Waals surface area contributed by atoms with Crippen molar-refractivity contribution in [2.75, 3.05) is 0 Å². The molecule has 0 aliphatic heterocycles. The predicted octanol–water partition coefficient (Wildman–Crippen LogP) is 2.34. The minimum Gasteiger partial charge on any atom is -0.465 e. The van der Waals surface area contributed by atoms with Gasteiger partial charge in [0.15, 0.2) is 0 Å². The Balaban J connectivity index is 2.12. The van der Waals surface area contributed by atoms with E-state index in [0.717, 1.165) is 17.9 Å². The zero-order valence-electron chi connectivity index (χ0n) is 9.31. The van der Waals surface area contributed by atoms with Gasteiger partial charge in [-0.2, -0.15) is 0 Å². The number of benzene rings is 1. The molecule has 3 heteroatoms. The van der Waals surface area contributed by atoms with E-state index < -0.39 is 0 Å². The minimum atomic E-state index is 0.0242. The van der Waals surface area contributed by atoms with E-state index in [4.69, 9.17) is 10.3 Å². The maximum absolute atomic E-state index is 5.57. The van der Waals surface area contributed by atoms with Crippen molar-refractivity contribution >= 4 is 0 Å². The van der Waals surface area contributed by atoms with Gasteiger partial charge in [0.25, 0.3) is 0 Å². The third-order valence-electron chi connectivity index (χ3n) is 2.59. The Morgan fingerprint density at radius 3 is 2.50 bits per heavy atom. The molecular weight excluding hydrogens is 200 g/mol. The number of hydrogen-bond acceptors (Lipinski definition) is 3. The Bertz CT molecular complexity index is 436. The predicted molar refractivity (Wildman–Crippen MR) is 63.7 cm³/mol. The van der Waals surface area contributed by atoms with Crippen LogP contribution in [0.3, 0.4) is 0 Å². The van der Waals surface area contributed by atoms with Crippen molar-refractivity contribution in [1.29, 1.82) is 0 Å². The summed E-state index contributed by atoms with van der Waals surface area (Å²) in [6.45, 7) is 1.93. The zero-order chi connectivity index (χ0) is 11.4. The van der Waals surface area contributed by atoms with Gasteiger partial charge < -0.3 is 4.42 Å². The van der Waals surface area contributed by atoms with Gasteiger partial charge >= 0.3 is 0 Å². The Kier molecular flexibility index (Phi) is 3.39. The van der Waals surface area contributed by atoms with Crippen LogP contribution in [0, 0.1) is 6.92 Å².